The molecule has 0 heterocycles. The lowest BCUT2D eigenvalue weighted by molar-refractivity contribution is 0.0500. The lowest BCUT2D eigenvalue weighted by atomic mass is 9.82. The van der Waals surface area contributed by atoms with Crippen LogP contribution in [-0.4, -0.2) is 31.4 Å². The van der Waals surface area contributed by atoms with Crippen molar-refractivity contribution in [2.24, 2.45) is 0 Å². The Bertz CT molecular complexity index is 239. The van der Waals surface area contributed by atoms with E-state index in [-0.39, 0.29) is 0 Å². The van der Waals surface area contributed by atoms with E-state index in [0.717, 1.165) is 0 Å². The smallest absolute Gasteiger partial charge is 0.449 e. The average molecular weight is 244 g/mol. The van der Waals surface area contributed by atoms with Crippen LogP contribution in [0, 0.1) is 0 Å². The summed E-state index contributed by atoms with van der Waals surface area (Å²) in [5, 5.41) is 1.84. The zero-order chi connectivity index (χ0) is 13.0. The van der Waals surface area contributed by atoms with E-state index in [2.05, 4.69) is 0 Å². The van der Waals surface area contributed by atoms with Crippen LogP contribution in [-0.2, 0) is 4.74 Å². The number of alkyl halides is 1. The molecule has 0 saturated heterocycles. The maximum atomic E-state index is 12.2. The molecule has 0 aromatic carbocycles. The molecule has 0 radical (unpaired) electrons. The first-order valence-corrected chi connectivity index (χ1v) is 4.80. The van der Waals surface area contributed by atoms with E-state index in [0.29, 0.717) is 0 Å². The van der Waals surface area contributed by atoms with Crippen molar-refractivity contribution in [1.29, 1.82) is 0 Å². The van der Waals surface area contributed by atoms with Gasteiger partial charge in [0, 0.05) is 6.04 Å². The summed E-state index contributed by atoms with van der Waals surface area (Å²) in [7, 11) is 0. The third kappa shape index (κ3) is 8.37. The minimum atomic E-state index is -5.13. The highest BCUT2D eigenvalue weighted by Gasteiger charge is 2.29. The first-order chi connectivity index (χ1) is 7.03. The summed E-state index contributed by atoms with van der Waals surface area (Å²) in [5.41, 5.74) is -0.825. The van der Waals surface area contributed by atoms with Gasteiger partial charge >= 0.3 is 13.1 Å². The number of rotatable bonds is 4. The Morgan fingerprint density at radius 1 is 1.38 bits per heavy atom. The summed E-state index contributed by atoms with van der Waals surface area (Å²) in [4.78, 5) is 11.1. The normalized spacial score (nSPS) is 14.4. The number of alkyl carbamates (subject to hydrolysis) is 1. The molecule has 0 bridgehead atoms. The van der Waals surface area contributed by atoms with E-state index in [1.807, 2.05) is 5.32 Å². The first-order valence-electron chi connectivity index (χ1n) is 4.80. The number of hydrogen-bond acceptors (Lipinski definition) is 2. The fourth-order valence-corrected chi connectivity index (χ4v) is 0.957. The Kier molecular flexibility index (Phi) is 5.08. The monoisotopic (exact) mass is 244 g/mol. The topological polar surface area (TPSA) is 38.3 Å². The maximum Gasteiger partial charge on any atom is 0.480 e. The van der Waals surface area contributed by atoms with Crippen molar-refractivity contribution in [3.63, 3.8) is 0 Å². The van der Waals surface area contributed by atoms with Gasteiger partial charge in [-0.15, -0.1) is 0 Å². The van der Waals surface area contributed by atoms with Gasteiger partial charge in [-0.05, 0) is 20.8 Å². The molecule has 0 aliphatic rings. The Morgan fingerprint density at radius 3 is 2.19 bits per heavy atom. The second-order valence-electron chi connectivity index (χ2n) is 4.44. The Hall–Kier alpha value is -0.945. The lowest BCUT2D eigenvalue weighted by Crippen LogP contribution is -2.43. The molecule has 0 fully saturated rings. The molecule has 0 unspecified atom stereocenters. The van der Waals surface area contributed by atoms with Crippen molar-refractivity contribution < 1.29 is 26.9 Å². The minimum absolute atomic E-state index is 0.825. The molecule has 16 heavy (non-hydrogen) atoms. The minimum Gasteiger partial charge on any atom is -0.449 e. The van der Waals surface area contributed by atoms with E-state index in [1.165, 1.54) is 0 Å². The van der Waals surface area contributed by atoms with Crippen LogP contribution in [0.2, 0.25) is 6.32 Å². The van der Waals surface area contributed by atoms with Crippen molar-refractivity contribution >= 4 is 13.1 Å². The van der Waals surface area contributed by atoms with Gasteiger partial charge < -0.3 is 23.0 Å². The standard InChI is InChI=1S/C8H15BF4NO2/c1-8(2,3)16-7(15)14-6(5-10)4-9(11,12)13/h6H,4-5H2,1-3H3,(H,14,15)/q-1/t6-/m1/s1. The number of halogens is 4. The summed E-state index contributed by atoms with van der Waals surface area (Å²) >= 11 is 0. The zero-order valence-corrected chi connectivity index (χ0v) is 9.40. The molecule has 0 aliphatic heterocycles. The van der Waals surface area contributed by atoms with Crippen LogP contribution < -0.4 is 5.32 Å². The molecule has 0 aromatic rings. The molecule has 1 atom stereocenters. The summed E-state index contributed by atoms with van der Waals surface area (Å²) in [6.07, 6.45) is -2.40. The van der Waals surface area contributed by atoms with Gasteiger partial charge in [0.05, 0.1) is 0 Å². The third-order valence-corrected chi connectivity index (χ3v) is 1.46. The van der Waals surface area contributed by atoms with Gasteiger partial charge in [0.2, 0.25) is 0 Å². The molecule has 0 aliphatic carbocycles. The number of nitrogens with one attached hydrogen (secondary N) is 1. The van der Waals surface area contributed by atoms with Gasteiger partial charge in [0.25, 0.3) is 0 Å². The Balaban J connectivity index is 4.18. The fourth-order valence-electron chi connectivity index (χ4n) is 0.957. The largest absolute Gasteiger partial charge is 0.480 e. The number of carbonyl (C=O) groups excluding carboxylic acids is 1. The van der Waals surface area contributed by atoms with Crippen LogP contribution >= 0.6 is 0 Å². The fraction of sp³-hybridized carbons (Fsp3) is 0.875. The van der Waals surface area contributed by atoms with E-state index in [9.17, 15) is 22.1 Å². The van der Waals surface area contributed by atoms with Crippen LogP contribution in [0.3, 0.4) is 0 Å². The Labute approximate surface area is 91.6 Å². The molecule has 96 valence electrons. The number of carbonyl (C=O) groups is 1. The molecule has 0 saturated carbocycles. The first kappa shape index (κ1) is 15.1. The van der Waals surface area contributed by atoms with Crippen molar-refractivity contribution in [2.75, 3.05) is 6.67 Å². The molecule has 0 aromatic heterocycles. The Morgan fingerprint density at radius 2 is 1.88 bits per heavy atom. The summed E-state index contributed by atoms with van der Waals surface area (Å²) in [6.45, 7) is -1.73. The highest BCUT2D eigenvalue weighted by molar-refractivity contribution is 6.58. The van der Waals surface area contributed by atoms with Crippen molar-refractivity contribution in [1.82, 2.24) is 5.32 Å². The van der Waals surface area contributed by atoms with Crippen molar-refractivity contribution in [2.45, 2.75) is 38.7 Å². The van der Waals surface area contributed by atoms with E-state index in [4.69, 9.17) is 4.74 Å². The van der Waals surface area contributed by atoms with Gasteiger partial charge in [-0.1, -0.05) is 6.32 Å². The lowest BCUT2D eigenvalue weighted by Gasteiger charge is -2.24. The van der Waals surface area contributed by atoms with E-state index >= 15 is 0 Å². The van der Waals surface area contributed by atoms with E-state index in [1.54, 1.807) is 20.8 Å². The highest BCUT2D eigenvalue weighted by atomic mass is 19.4. The van der Waals surface area contributed by atoms with Crippen LogP contribution in [0.5, 0.6) is 0 Å². The second-order valence-corrected chi connectivity index (χ2v) is 4.44. The predicted octanol–water partition coefficient (Wildman–Crippen LogP) is 2.70. The molecular formula is C8H15BF4NO2-. The van der Waals surface area contributed by atoms with Gasteiger partial charge in [0.15, 0.2) is 0 Å². The third-order valence-electron chi connectivity index (χ3n) is 1.46. The van der Waals surface area contributed by atoms with Crippen molar-refractivity contribution in [3.05, 3.63) is 0 Å². The van der Waals surface area contributed by atoms with Gasteiger partial charge in [-0.3, -0.25) is 0 Å². The van der Waals surface area contributed by atoms with Crippen LogP contribution in [0.1, 0.15) is 20.8 Å². The van der Waals surface area contributed by atoms with Gasteiger partial charge in [-0.25, -0.2) is 9.18 Å². The highest BCUT2D eigenvalue weighted by Crippen LogP contribution is 2.18. The summed E-state index contributed by atoms with van der Waals surface area (Å²) in [5.74, 6) is 0. The van der Waals surface area contributed by atoms with Crippen molar-refractivity contribution in [3.8, 4) is 0 Å². The molecule has 8 heteroatoms. The van der Waals surface area contributed by atoms with E-state index < -0.39 is 37.7 Å². The molecule has 0 rings (SSSR count). The number of ether oxygens (including phenoxy) is 1. The SMILES string of the molecule is CC(C)(C)OC(=O)N[C@@H](CF)C[B-](F)(F)F. The van der Waals surface area contributed by atoms with Crippen LogP contribution in [0.15, 0.2) is 0 Å². The quantitative estimate of drug-likeness (QED) is 0.609. The van der Waals surface area contributed by atoms with Gasteiger partial charge in [0.1, 0.15) is 12.3 Å². The number of hydrogen-bond donors (Lipinski definition) is 1. The summed E-state index contributed by atoms with van der Waals surface area (Å²) in [6, 6.07) is -1.57. The zero-order valence-electron chi connectivity index (χ0n) is 9.40. The van der Waals surface area contributed by atoms with Crippen LogP contribution in [0.4, 0.5) is 22.1 Å². The second kappa shape index (κ2) is 5.40. The summed E-state index contributed by atoms with van der Waals surface area (Å²) < 4.78 is 52.9. The number of amides is 1. The molecule has 1 N–H and O–H groups in total. The maximum absolute atomic E-state index is 12.2. The predicted molar refractivity (Wildman–Crippen MR) is 53.0 cm³/mol. The molecular weight excluding hydrogens is 229 g/mol. The molecule has 3 nitrogen and oxygen atoms in total. The molecule has 0 spiro atoms. The van der Waals surface area contributed by atoms with Gasteiger partial charge in [-0.2, -0.15) is 0 Å². The average Bonchev–Trinajstić information content (AvgIpc) is 1.96. The van der Waals surface area contributed by atoms with Crippen LogP contribution in [0.25, 0.3) is 0 Å². The molecule has 1 amide bonds.